The predicted molar refractivity (Wildman–Crippen MR) is 126 cm³/mol. The van der Waals surface area contributed by atoms with E-state index in [1.165, 1.54) is 31.7 Å². The number of ether oxygens (including phenoxy) is 2. The van der Waals surface area contributed by atoms with E-state index in [0.29, 0.717) is 17.0 Å². The third kappa shape index (κ3) is 4.97. The maximum atomic E-state index is 15.7. The van der Waals surface area contributed by atoms with Gasteiger partial charge in [0.25, 0.3) is 6.26 Å². The van der Waals surface area contributed by atoms with Gasteiger partial charge in [-0.25, -0.2) is 9.18 Å². The van der Waals surface area contributed by atoms with E-state index in [9.17, 15) is 4.79 Å². The van der Waals surface area contributed by atoms with Crippen molar-refractivity contribution in [3.8, 4) is 17.8 Å². The van der Waals surface area contributed by atoms with Crippen molar-refractivity contribution in [3.05, 3.63) is 93.5 Å². The highest BCUT2D eigenvalue weighted by molar-refractivity contribution is 5.95. The number of rotatable bonds is 9. The van der Waals surface area contributed by atoms with E-state index in [1.54, 1.807) is 36.4 Å². The molecule has 1 unspecified atom stereocenters. The normalized spacial score (nSPS) is 11.4. The van der Waals surface area contributed by atoms with Crippen LogP contribution in [0.4, 0.5) is 10.1 Å². The molecule has 182 valence electrons. The standard InChI is InChI=1S/C23H20FN9O3/c1-35-16-9-14(11-36-12-25)19(24)17(10-16)20(29-15-6-4-13(5-7-15)21(26)27)22-30-23(34)33(32-22)18-3-2-8-28-31-18/h2-10,20,29H,11H2,1H3,(H3,26,27)(H,30,32,34). The number of hydrogen-bond donors (Lipinski definition) is 4. The predicted octanol–water partition coefficient (Wildman–Crippen LogP) is 1.98. The Morgan fingerprint density at radius 3 is 2.75 bits per heavy atom. The minimum atomic E-state index is -1.02. The number of nitrogens with two attached hydrogens (primary N) is 1. The van der Waals surface area contributed by atoms with Crippen LogP contribution in [0.3, 0.4) is 0 Å². The van der Waals surface area contributed by atoms with E-state index >= 15 is 4.39 Å². The molecule has 0 bridgehead atoms. The summed E-state index contributed by atoms with van der Waals surface area (Å²) in [5, 5.41) is 31.5. The molecule has 0 spiro atoms. The number of nitrogens with zero attached hydrogens (tertiary/aromatic N) is 5. The van der Waals surface area contributed by atoms with Crippen LogP contribution in [-0.2, 0) is 11.3 Å². The first-order chi connectivity index (χ1) is 17.4. The third-order valence-electron chi connectivity index (χ3n) is 5.18. The van der Waals surface area contributed by atoms with Gasteiger partial charge in [-0.05, 0) is 48.5 Å². The van der Waals surface area contributed by atoms with Crippen LogP contribution < -0.4 is 21.5 Å². The van der Waals surface area contributed by atoms with E-state index in [-0.39, 0.29) is 35.2 Å². The van der Waals surface area contributed by atoms with Crippen LogP contribution in [0.1, 0.15) is 28.6 Å². The zero-order valence-corrected chi connectivity index (χ0v) is 18.9. The van der Waals surface area contributed by atoms with Crippen molar-refractivity contribution >= 4 is 11.5 Å². The highest BCUT2D eigenvalue weighted by Crippen LogP contribution is 2.32. The van der Waals surface area contributed by atoms with Gasteiger partial charge in [0.2, 0.25) is 0 Å². The van der Waals surface area contributed by atoms with Crippen molar-refractivity contribution in [1.82, 2.24) is 25.0 Å². The van der Waals surface area contributed by atoms with Gasteiger partial charge in [-0.15, -0.1) is 10.2 Å². The van der Waals surface area contributed by atoms with Crippen LogP contribution in [0.2, 0.25) is 0 Å². The topological polar surface area (TPSA) is 181 Å². The summed E-state index contributed by atoms with van der Waals surface area (Å²) in [5.41, 5.74) is 6.09. The first-order valence-electron chi connectivity index (χ1n) is 10.5. The molecule has 36 heavy (non-hydrogen) atoms. The second-order valence-corrected chi connectivity index (χ2v) is 7.45. The number of nitriles is 1. The SMILES string of the molecule is COc1cc(COC#N)c(F)c(C(Nc2ccc(C(=N)N)cc2)c2nn(-c3cccnn3)c(=O)[nH]2)c1. The number of amidine groups is 1. The number of aromatic nitrogens is 5. The highest BCUT2D eigenvalue weighted by atomic mass is 19.1. The monoisotopic (exact) mass is 489 g/mol. The lowest BCUT2D eigenvalue weighted by molar-refractivity contribution is 0.251. The van der Waals surface area contributed by atoms with Crippen molar-refractivity contribution in [1.29, 1.82) is 10.7 Å². The van der Waals surface area contributed by atoms with E-state index in [4.69, 9.17) is 25.9 Å². The van der Waals surface area contributed by atoms with Crippen molar-refractivity contribution in [3.63, 3.8) is 0 Å². The van der Waals surface area contributed by atoms with E-state index in [1.807, 2.05) is 0 Å². The van der Waals surface area contributed by atoms with Crippen LogP contribution in [0.25, 0.3) is 5.82 Å². The van der Waals surface area contributed by atoms with Crippen LogP contribution in [0.15, 0.2) is 59.5 Å². The van der Waals surface area contributed by atoms with Crippen molar-refractivity contribution < 1.29 is 13.9 Å². The molecule has 4 rings (SSSR count). The Labute approximate surface area is 203 Å². The Kier molecular flexibility index (Phi) is 6.87. The van der Waals surface area contributed by atoms with E-state index in [2.05, 4.69) is 25.6 Å². The second kappa shape index (κ2) is 10.3. The van der Waals surface area contributed by atoms with Gasteiger partial charge in [0.15, 0.2) is 11.6 Å². The van der Waals surface area contributed by atoms with Crippen molar-refractivity contribution in [2.75, 3.05) is 12.4 Å². The molecular formula is C23H20FN9O3. The summed E-state index contributed by atoms with van der Waals surface area (Å²) in [5.74, 6) is -0.244. The molecule has 0 saturated carbocycles. The number of aromatic amines is 1. The smallest absolute Gasteiger partial charge is 0.349 e. The molecule has 2 aromatic heterocycles. The Morgan fingerprint density at radius 2 is 2.11 bits per heavy atom. The minimum absolute atomic E-state index is 0.0698. The number of benzene rings is 2. The fourth-order valence-electron chi connectivity index (χ4n) is 3.46. The zero-order valence-electron chi connectivity index (χ0n) is 18.9. The van der Waals surface area contributed by atoms with Gasteiger partial charge in [-0.1, -0.05) is 0 Å². The lowest BCUT2D eigenvalue weighted by atomic mass is 10.0. The molecular weight excluding hydrogens is 469 g/mol. The molecule has 4 aromatic rings. The summed E-state index contributed by atoms with van der Waals surface area (Å²) < 4.78 is 26.7. The molecule has 0 saturated heterocycles. The molecule has 0 aliphatic rings. The number of nitrogen functional groups attached to an aromatic ring is 1. The van der Waals surface area contributed by atoms with Crippen molar-refractivity contribution in [2.24, 2.45) is 5.73 Å². The Balaban J connectivity index is 1.84. The number of halogens is 1. The second-order valence-electron chi connectivity index (χ2n) is 7.45. The summed E-state index contributed by atoms with van der Waals surface area (Å²) in [6.45, 7) is -0.322. The molecule has 0 radical (unpaired) electrons. The minimum Gasteiger partial charge on any atom is -0.497 e. The number of hydrogen-bond acceptors (Lipinski definition) is 9. The van der Waals surface area contributed by atoms with Gasteiger partial charge in [-0.3, -0.25) is 10.4 Å². The van der Waals surface area contributed by atoms with Crippen LogP contribution in [0.5, 0.6) is 5.75 Å². The molecule has 2 aromatic carbocycles. The zero-order chi connectivity index (χ0) is 25.7. The first-order valence-corrected chi connectivity index (χ1v) is 10.5. The Morgan fingerprint density at radius 1 is 1.33 bits per heavy atom. The summed E-state index contributed by atoms with van der Waals surface area (Å²) in [6, 6.07) is 11.5. The van der Waals surface area contributed by atoms with Gasteiger partial charge < -0.3 is 20.5 Å². The summed E-state index contributed by atoms with van der Waals surface area (Å²) >= 11 is 0. The lowest BCUT2D eigenvalue weighted by Gasteiger charge is -2.21. The lowest BCUT2D eigenvalue weighted by Crippen LogP contribution is -2.18. The van der Waals surface area contributed by atoms with Gasteiger partial charge in [0.1, 0.15) is 30.1 Å². The largest absolute Gasteiger partial charge is 0.497 e. The summed E-state index contributed by atoms with van der Waals surface area (Å²) in [4.78, 5) is 15.3. The van der Waals surface area contributed by atoms with Crippen LogP contribution in [-0.4, -0.2) is 37.9 Å². The number of H-pyrrole nitrogens is 1. The molecule has 12 nitrogen and oxygen atoms in total. The quantitative estimate of drug-likeness (QED) is 0.155. The first kappa shape index (κ1) is 23.9. The molecule has 0 aliphatic carbocycles. The summed E-state index contributed by atoms with van der Waals surface area (Å²) in [6.07, 6.45) is 2.97. The number of anilines is 1. The van der Waals surface area contributed by atoms with Gasteiger partial charge in [0.05, 0.1) is 7.11 Å². The van der Waals surface area contributed by atoms with Crippen molar-refractivity contribution in [2.45, 2.75) is 12.6 Å². The highest BCUT2D eigenvalue weighted by Gasteiger charge is 2.26. The number of nitrogens with one attached hydrogen (secondary N) is 3. The molecule has 0 amide bonds. The molecule has 2 heterocycles. The average Bonchev–Trinajstić information content (AvgIpc) is 3.28. The third-order valence-corrected chi connectivity index (χ3v) is 5.18. The Bertz CT molecular complexity index is 1480. The molecule has 0 fully saturated rings. The van der Waals surface area contributed by atoms with Crippen LogP contribution >= 0.6 is 0 Å². The number of methoxy groups -OCH3 is 1. The van der Waals surface area contributed by atoms with Gasteiger partial charge in [-0.2, -0.15) is 15.0 Å². The summed E-state index contributed by atoms with van der Waals surface area (Å²) in [7, 11) is 1.42. The van der Waals surface area contributed by atoms with Crippen LogP contribution in [0, 0.1) is 22.7 Å². The maximum Gasteiger partial charge on any atom is 0.349 e. The fraction of sp³-hybridized carbons (Fsp3) is 0.130. The molecule has 5 N–H and O–H groups in total. The molecule has 0 aliphatic heterocycles. The van der Waals surface area contributed by atoms with E-state index < -0.39 is 17.5 Å². The fourth-order valence-corrected chi connectivity index (χ4v) is 3.46. The molecule has 1 atom stereocenters. The van der Waals surface area contributed by atoms with Gasteiger partial charge in [0, 0.05) is 28.6 Å². The average molecular weight is 489 g/mol. The van der Waals surface area contributed by atoms with E-state index in [0.717, 1.165) is 4.68 Å². The Hall–Kier alpha value is -5.25. The van der Waals surface area contributed by atoms with Gasteiger partial charge >= 0.3 is 5.69 Å². The molecule has 13 heteroatoms. The maximum absolute atomic E-state index is 15.7.